The topological polar surface area (TPSA) is 58.5 Å². The molecular weight excluding hydrogens is 350 g/mol. The zero-order chi connectivity index (χ0) is 19.5. The Balaban J connectivity index is 1.51. The number of aromatic nitrogens is 2. The SMILES string of the molecule is Cc1ccc(OC2CCN(c3ccc(-c4ccccc4C)nc3CO)C2)nc1. The quantitative estimate of drug-likeness (QED) is 0.733. The summed E-state index contributed by atoms with van der Waals surface area (Å²) < 4.78 is 6.03. The van der Waals surface area contributed by atoms with Crippen LogP contribution in [0.1, 0.15) is 23.2 Å². The van der Waals surface area contributed by atoms with E-state index in [2.05, 4.69) is 35.0 Å². The van der Waals surface area contributed by atoms with Gasteiger partial charge in [0.1, 0.15) is 6.10 Å². The number of rotatable bonds is 5. The third-order valence-electron chi connectivity index (χ3n) is 5.18. The van der Waals surface area contributed by atoms with Gasteiger partial charge in [0.25, 0.3) is 0 Å². The molecule has 0 amide bonds. The lowest BCUT2D eigenvalue weighted by Crippen LogP contribution is -2.26. The van der Waals surface area contributed by atoms with Gasteiger partial charge in [-0.25, -0.2) is 9.97 Å². The van der Waals surface area contributed by atoms with E-state index in [9.17, 15) is 5.11 Å². The van der Waals surface area contributed by atoms with Crippen LogP contribution in [0.15, 0.2) is 54.7 Å². The first-order chi connectivity index (χ1) is 13.6. The summed E-state index contributed by atoms with van der Waals surface area (Å²) >= 11 is 0. The van der Waals surface area contributed by atoms with E-state index in [0.29, 0.717) is 11.6 Å². The predicted octanol–water partition coefficient (Wildman–Crippen LogP) is 3.91. The largest absolute Gasteiger partial charge is 0.472 e. The highest BCUT2D eigenvalue weighted by atomic mass is 16.5. The lowest BCUT2D eigenvalue weighted by molar-refractivity contribution is 0.215. The van der Waals surface area contributed by atoms with E-state index in [4.69, 9.17) is 9.72 Å². The fourth-order valence-electron chi connectivity index (χ4n) is 3.65. The van der Waals surface area contributed by atoms with E-state index >= 15 is 0 Å². The normalized spacial score (nSPS) is 16.4. The summed E-state index contributed by atoms with van der Waals surface area (Å²) in [4.78, 5) is 11.3. The van der Waals surface area contributed by atoms with Crippen molar-refractivity contribution in [2.45, 2.75) is 33.0 Å². The number of hydrogen-bond acceptors (Lipinski definition) is 5. The number of ether oxygens (including phenoxy) is 1. The summed E-state index contributed by atoms with van der Waals surface area (Å²) in [7, 11) is 0. The first kappa shape index (κ1) is 18.4. The van der Waals surface area contributed by atoms with Crippen LogP contribution in [-0.2, 0) is 6.61 Å². The molecule has 1 atom stereocenters. The number of aryl methyl sites for hydroxylation is 2. The smallest absolute Gasteiger partial charge is 0.213 e. The Kier molecular flexibility index (Phi) is 5.26. The Hall–Kier alpha value is -2.92. The van der Waals surface area contributed by atoms with Crippen LogP contribution in [0.3, 0.4) is 0 Å². The van der Waals surface area contributed by atoms with Gasteiger partial charge in [0.2, 0.25) is 5.88 Å². The second-order valence-corrected chi connectivity index (χ2v) is 7.28. The number of anilines is 1. The van der Waals surface area contributed by atoms with Gasteiger partial charge in [0, 0.05) is 30.8 Å². The van der Waals surface area contributed by atoms with Crippen molar-refractivity contribution in [3.05, 3.63) is 71.5 Å². The minimum atomic E-state index is -0.0867. The van der Waals surface area contributed by atoms with E-state index in [1.165, 1.54) is 5.56 Å². The standard InChI is InChI=1S/C23H25N3O2/c1-16-7-10-23(24-13-16)28-18-11-12-26(14-18)22-9-8-20(25-21(22)15-27)19-6-4-3-5-17(19)2/h3-10,13,18,27H,11-12,14-15H2,1-2H3. The fraction of sp³-hybridized carbons (Fsp3) is 0.304. The number of benzene rings is 1. The third kappa shape index (κ3) is 3.85. The minimum absolute atomic E-state index is 0.0813. The lowest BCUT2D eigenvalue weighted by atomic mass is 10.0. The molecule has 1 aliphatic rings. The van der Waals surface area contributed by atoms with Crippen molar-refractivity contribution >= 4 is 5.69 Å². The third-order valence-corrected chi connectivity index (χ3v) is 5.18. The van der Waals surface area contributed by atoms with E-state index in [-0.39, 0.29) is 12.7 Å². The van der Waals surface area contributed by atoms with Crippen LogP contribution in [0.5, 0.6) is 5.88 Å². The van der Waals surface area contributed by atoms with E-state index in [0.717, 1.165) is 42.0 Å². The zero-order valence-corrected chi connectivity index (χ0v) is 16.3. The Morgan fingerprint density at radius 2 is 1.96 bits per heavy atom. The van der Waals surface area contributed by atoms with E-state index < -0.39 is 0 Å². The molecule has 4 rings (SSSR count). The molecule has 1 N–H and O–H groups in total. The van der Waals surface area contributed by atoms with Gasteiger partial charge in [-0.05, 0) is 37.1 Å². The molecule has 1 saturated heterocycles. The average Bonchev–Trinajstić information content (AvgIpc) is 3.18. The summed E-state index contributed by atoms with van der Waals surface area (Å²) in [6, 6.07) is 16.2. The maximum atomic E-state index is 9.92. The van der Waals surface area contributed by atoms with Crippen molar-refractivity contribution in [2.75, 3.05) is 18.0 Å². The van der Waals surface area contributed by atoms with Crippen LogP contribution in [0.25, 0.3) is 11.3 Å². The Morgan fingerprint density at radius 3 is 2.71 bits per heavy atom. The van der Waals surface area contributed by atoms with Crippen molar-refractivity contribution in [1.29, 1.82) is 0 Å². The molecule has 1 unspecified atom stereocenters. The second kappa shape index (κ2) is 7.98. The molecule has 0 bridgehead atoms. The average molecular weight is 375 g/mol. The van der Waals surface area contributed by atoms with Gasteiger partial charge in [-0.3, -0.25) is 0 Å². The van der Waals surface area contributed by atoms with Gasteiger partial charge < -0.3 is 14.7 Å². The second-order valence-electron chi connectivity index (χ2n) is 7.28. The van der Waals surface area contributed by atoms with Crippen molar-refractivity contribution < 1.29 is 9.84 Å². The first-order valence-corrected chi connectivity index (χ1v) is 9.65. The van der Waals surface area contributed by atoms with E-state index in [1.54, 1.807) is 0 Å². The van der Waals surface area contributed by atoms with E-state index in [1.807, 2.05) is 43.5 Å². The van der Waals surface area contributed by atoms with Gasteiger partial charge in [-0.1, -0.05) is 30.3 Å². The van der Waals surface area contributed by atoms with Gasteiger partial charge in [0.15, 0.2) is 0 Å². The molecule has 1 fully saturated rings. The van der Waals surface area contributed by atoms with Gasteiger partial charge in [-0.2, -0.15) is 0 Å². The Labute approximate surface area is 165 Å². The number of aliphatic hydroxyl groups excluding tert-OH is 1. The highest BCUT2D eigenvalue weighted by molar-refractivity contribution is 5.66. The monoisotopic (exact) mass is 375 g/mol. The molecule has 144 valence electrons. The van der Waals surface area contributed by atoms with Crippen molar-refractivity contribution in [3.63, 3.8) is 0 Å². The lowest BCUT2D eigenvalue weighted by Gasteiger charge is -2.21. The van der Waals surface area contributed by atoms with Gasteiger partial charge in [0.05, 0.1) is 30.2 Å². The van der Waals surface area contributed by atoms with Crippen LogP contribution in [-0.4, -0.2) is 34.3 Å². The van der Waals surface area contributed by atoms with Crippen LogP contribution in [0.2, 0.25) is 0 Å². The molecule has 3 heterocycles. The maximum Gasteiger partial charge on any atom is 0.213 e. The Morgan fingerprint density at radius 1 is 1.11 bits per heavy atom. The fourth-order valence-corrected chi connectivity index (χ4v) is 3.65. The molecule has 3 aromatic rings. The predicted molar refractivity (Wildman–Crippen MR) is 111 cm³/mol. The van der Waals surface area contributed by atoms with Gasteiger partial charge in [-0.15, -0.1) is 0 Å². The molecule has 0 radical (unpaired) electrons. The first-order valence-electron chi connectivity index (χ1n) is 9.65. The molecule has 5 nitrogen and oxygen atoms in total. The molecule has 1 aromatic carbocycles. The molecule has 0 aliphatic carbocycles. The highest BCUT2D eigenvalue weighted by Gasteiger charge is 2.26. The molecule has 0 saturated carbocycles. The van der Waals surface area contributed by atoms with Crippen LogP contribution < -0.4 is 9.64 Å². The summed E-state index contributed by atoms with van der Waals surface area (Å²) in [6.07, 6.45) is 2.82. The molecule has 1 aliphatic heterocycles. The van der Waals surface area contributed by atoms with Crippen LogP contribution >= 0.6 is 0 Å². The number of pyridine rings is 2. The van der Waals surface area contributed by atoms with Crippen molar-refractivity contribution in [1.82, 2.24) is 9.97 Å². The van der Waals surface area contributed by atoms with Crippen molar-refractivity contribution in [2.24, 2.45) is 0 Å². The van der Waals surface area contributed by atoms with Crippen LogP contribution in [0.4, 0.5) is 5.69 Å². The number of nitrogens with zero attached hydrogens (tertiary/aromatic N) is 3. The highest BCUT2D eigenvalue weighted by Crippen LogP contribution is 2.29. The summed E-state index contributed by atoms with van der Waals surface area (Å²) in [6.45, 7) is 5.63. The minimum Gasteiger partial charge on any atom is -0.472 e. The molecule has 0 spiro atoms. The molecule has 28 heavy (non-hydrogen) atoms. The summed E-state index contributed by atoms with van der Waals surface area (Å²) in [5.74, 6) is 0.660. The zero-order valence-electron chi connectivity index (χ0n) is 16.3. The molecular formula is C23H25N3O2. The number of hydrogen-bond donors (Lipinski definition) is 1. The Bertz CT molecular complexity index is 956. The van der Waals surface area contributed by atoms with Crippen molar-refractivity contribution in [3.8, 4) is 17.1 Å². The summed E-state index contributed by atoms with van der Waals surface area (Å²) in [5, 5.41) is 9.92. The summed E-state index contributed by atoms with van der Waals surface area (Å²) in [5.41, 5.74) is 5.95. The molecule has 5 heteroatoms. The van der Waals surface area contributed by atoms with Crippen LogP contribution in [0, 0.1) is 13.8 Å². The molecule has 2 aromatic heterocycles. The number of aliphatic hydroxyl groups is 1. The maximum absolute atomic E-state index is 9.92. The van der Waals surface area contributed by atoms with Gasteiger partial charge >= 0.3 is 0 Å².